The summed E-state index contributed by atoms with van der Waals surface area (Å²) < 4.78 is 5.46. The molecule has 1 unspecified atom stereocenters. The Kier molecular flexibility index (Phi) is 6.93. The molecule has 0 fully saturated rings. The van der Waals surface area contributed by atoms with E-state index in [1.54, 1.807) is 13.2 Å². The van der Waals surface area contributed by atoms with Crippen LogP contribution in [0.5, 0.6) is 5.75 Å². The topological polar surface area (TPSA) is 52.3 Å². The van der Waals surface area contributed by atoms with Crippen LogP contribution in [0.1, 0.15) is 44.1 Å². The zero-order chi connectivity index (χ0) is 16.7. The largest absolute Gasteiger partial charge is 0.496 e. The quantitative estimate of drug-likeness (QED) is 0.849. The molecule has 0 radical (unpaired) electrons. The number of ether oxygens (including phenoxy) is 1. The van der Waals surface area contributed by atoms with Gasteiger partial charge < -0.3 is 10.5 Å². The Morgan fingerprint density at radius 3 is 2.78 bits per heavy atom. The van der Waals surface area contributed by atoms with Crippen molar-refractivity contribution in [3.05, 3.63) is 35.9 Å². The summed E-state index contributed by atoms with van der Waals surface area (Å²) in [4.78, 5) is 13.3. The molecule has 1 aromatic rings. The average molecular weight is 331 g/mol. The van der Waals surface area contributed by atoms with Crippen molar-refractivity contribution in [3.8, 4) is 5.75 Å². The van der Waals surface area contributed by atoms with E-state index in [-0.39, 0.29) is 5.78 Å². The second kappa shape index (κ2) is 8.94. The number of hydrogen-bond acceptors (Lipinski definition) is 4. The van der Waals surface area contributed by atoms with Crippen LogP contribution in [0.15, 0.2) is 30.3 Å². The van der Waals surface area contributed by atoms with Gasteiger partial charge >= 0.3 is 0 Å². The van der Waals surface area contributed by atoms with E-state index in [0.29, 0.717) is 18.9 Å². The standard InChI is InChI=1S/C19H25NO2S/c1-22-18-7-3-2-6-17(18)15-10-9-14(11-12-20)19(23)8-4-5-16(21)13-15/h2-3,6-7,13-14H,4-5,8-12,20H2,1H3/b15-13+. The number of allylic oxidation sites excluding steroid dienone is 2. The van der Waals surface area contributed by atoms with E-state index in [2.05, 4.69) is 0 Å². The van der Waals surface area contributed by atoms with Gasteiger partial charge in [0, 0.05) is 12.0 Å². The summed E-state index contributed by atoms with van der Waals surface area (Å²) in [7, 11) is 1.66. The molecule has 23 heavy (non-hydrogen) atoms. The minimum Gasteiger partial charge on any atom is -0.496 e. The molecule has 0 amide bonds. The third-order valence-electron chi connectivity index (χ3n) is 4.37. The van der Waals surface area contributed by atoms with Gasteiger partial charge in [-0.1, -0.05) is 30.4 Å². The number of rotatable bonds is 4. The number of thiocarbonyl (C=S) groups is 1. The van der Waals surface area contributed by atoms with Crippen LogP contribution in [-0.2, 0) is 4.79 Å². The monoisotopic (exact) mass is 331 g/mol. The maximum absolute atomic E-state index is 12.2. The molecule has 0 saturated heterocycles. The van der Waals surface area contributed by atoms with Gasteiger partial charge in [0.25, 0.3) is 0 Å². The molecule has 1 aliphatic rings. The van der Waals surface area contributed by atoms with Gasteiger partial charge in [0.05, 0.1) is 7.11 Å². The molecule has 0 aliphatic heterocycles. The number of benzene rings is 1. The summed E-state index contributed by atoms with van der Waals surface area (Å²) in [5.41, 5.74) is 7.79. The molecule has 0 spiro atoms. The van der Waals surface area contributed by atoms with Crippen molar-refractivity contribution >= 4 is 28.4 Å². The minimum atomic E-state index is 0.172. The predicted molar refractivity (Wildman–Crippen MR) is 98.8 cm³/mol. The Bertz CT molecular complexity index is 595. The van der Waals surface area contributed by atoms with Crippen molar-refractivity contribution in [2.45, 2.75) is 38.5 Å². The number of methoxy groups -OCH3 is 1. The minimum absolute atomic E-state index is 0.172. The molecule has 1 atom stereocenters. The van der Waals surface area contributed by atoms with E-state index in [4.69, 9.17) is 22.7 Å². The number of ketones is 1. The number of hydrogen-bond donors (Lipinski definition) is 1. The molecular weight excluding hydrogens is 306 g/mol. The summed E-state index contributed by atoms with van der Waals surface area (Å²) in [6.45, 7) is 0.650. The Labute approximate surface area is 143 Å². The van der Waals surface area contributed by atoms with Gasteiger partial charge in [-0.15, -0.1) is 0 Å². The van der Waals surface area contributed by atoms with Crippen LogP contribution in [0.3, 0.4) is 0 Å². The Balaban J connectivity index is 2.31. The number of carbonyl (C=O) groups is 1. The summed E-state index contributed by atoms with van der Waals surface area (Å²) >= 11 is 5.58. The predicted octanol–water partition coefficient (Wildman–Crippen LogP) is 3.95. The van der Waals surface area contributed by atoms with Crippen molar-refractivity contribution in [3.63, 3.8) is 0 Å². The molecule has 2 N–H and O–H groups in total. The van der Waals surface area contributed by atoms with Crippen LogP contribution in [0.2, 0.25) is 0 Å². The lowest BCUT2D eigenvalue weighted by Gasteiger charge is -2.20. The molecule has 0 aromatic heterocycles. The van der Waals surface area contributed by atoms with Gasteiger partial charge in [0.2, 0.25) is 0 Å². The highest BCUT2D eigenvalue weighted by Gasteiger charge is 2.18. The molecule has 2 rings (SSSR count). The van der Waals surface area contributed by atoms with Gasteiger partial charge in [-0.25, -0.2) is 0 Å². The number of nitrogens with two attached hydrogens (primary N) is 1. The van der Waals surface area contributed by atoms with Crippen molar-refractivity contribution in [1.82, 2.24) is 0 Å². The smallest absolute Gasteiger partial charge is 0.155 e. The Morgan fingerprint density at radius 1 is 1.26 bits per heavy atom. The highest BCUT2D eigenvalue weighted by Crippen LogP contribution is 2.32. The van der Waals surface area contributed by atoms with Crippen molar-refractivity contribution in [2.24, 2.45) is 11.7 Å². The van der Waals surface area contributed by atoms with Gasteiger partial charge in [0.1, 0.15) is 5.75 Å². The van der Waals surface area contributed by atoms with Gasteiger partial charge in [-0.2, -0.15) is 0 Å². The lowest BCUT2D eigenvalue weighted by Crippen LogP contribution is -2.18. The summed E-state index contributed by atoms with van der Waals surface area (Å²) in [6.07, 6.45) is 6.70. The molecule has 0 heterocycles. The summed E-state index contributed by atoms with van der Waals surface area (Å²) in [5.74, 6) is 1.34. The SMILES string of the molecule is COc1ccccc1/C1=C/C(=O)CCCC(=S)C(CCN)CC1. The Morgan fingerprint density at radius 2 is 2.04 bits per heavy atom. The van der Waals surface area contributed by atoms with Crippen molar-refractivity contribution in [2.75, 3.05) is 13.7 Å². The van der Waals surface area contributed by atoms with Crippen LogP contribution < -0.4 is 10.5 Å². The third kappa shape index (κ3) is 4.98. The van der Waals surface area contributed by atoms with E-state index >= 15 is 0 Å². The lowest BCUT2D eigenvalue weighted by molar-refractivity contribution is -0.114. The maximum atomic E-state index is 12.2. The van der Waals surface area contributed by atoms with E-state index in [9.17, 15) is 4.79 Å². The van der Waals surface area contributed by atoms with Crippen molar-refractivity contribution < 1.29 is 9.53 Å². The fourth-order valence-corrected chi connectivity index (χ4v) is 3.48. The normalized spacial score (nSPS) is 22.3. The fourth-order valence-electron chi connectivity index (χ4n) is 3.10. The van der Waals surface area contributed by atoms with E-state index < -0.39 is 0 Å². The first-order valence-electron chi connectivity index (χ1n) is 8.25. The van der Waals surface area contributed by atoms with Crippen LogP contribution in [0, 0.1) is 5.92 Å². The van der Waals surface area contributed by atoms with E-state index in [1.807, 2.05) is 24.3 Å². The average Bonchev–Trinajstić information content (AvgIpc) is 2.56. The first kappa shape index (κ1) is 17.8. The molecule has 4 heteroatoms. The highest BCUT2D eigenvalue weighted by molar-refractivity contribution is 7.80. The summed E-state index contributed by atoms with van der Waals surface area (Å²) in [6, 6.07) is 7.86. The molecular formula is C19H25NO2S. The fraction of sp³-hybridized carbons (Fsp3) is 0.474. The second-order valence-electron chi connectivity index (χ2n) is 5.97. The van der Waals surface area contributed by atoms with Gasteiger partial charge in [0.15, 0.2) is 5.78 Å². The Hall–Kier alpha value is -1.52. The molecule has 3 nitrogen and oxygen atoms in total. The molecule has 124 valence electrons. The number of carbonyl (C=O) groups excluding carboxylic acids is 1. The van der Waals surface area contributed by atoms with Crippen LogP contribution in [0.4, 0.5) is 0 Å². The van der Waals surface area contributed by atoms with Crippen LogP contribution in [0.25, 0.3) is 5.57 Å². The first-order chi connectivity index (χ1) is 11.2. The second-order valence-corrected chi connectivity index (χ2v) is 6.49. The zero-order valence-corrected chi connectivity index (χ0v) is 14.5. The molecule has 1 aromatic carbocycles. The number of para-hydroxylation sites is 1. The van der Waals surface area contributed by atoms with E-state index in [0.717, 1.165) is 53.9 Å². The molecule has 0 bridgehead atoms. The highest BCUT2D eigenvalue weighted by atomic mass is 32.1. The van der Waals surface area contributed by atoms with Crippen LogP contribution in [-0.4, -0.2) is 24.3 Å². The first-order valence-corrected chi connectivity index (χ1v) is 8.66. The zero-order valence-electron chi connectivity index (χ0n) is 13.7. The third-order valence-corrected chi connectivity index (χ3v) is 4.90. The molecule has 1 aliphatic carbocycles. The van der Waals surface area contributed by atoms with Gasteiger partial charge in [-0.05, 0) is 67.1 Å². The summed E-state index contributed by atoms with van der Waals surface area (Å²) in [5, 5.41) is 0. The molecule has 0 saturated carbocycles. The van der Waals surface area contributed by atoms with Crippen LogP contribution >= 0.6 is 12.2 Å². The van der Waals surface area contributed by atoms with E-state index in [1.165, 1.54) is 0 Å². The van der Waals surface area contributed by atoms with Crippen molar-refractivity contribution in [1.29, 1.82) is 0 Å². The maximum Gasteiger partial charge on any atom is 0.155 e. The van der Waals surface area contributed by atoms with Gasteiger partial charge in [-0.3, -0.25) is 4.79 Å². The lowest BCUT2D eigenvalue weighted by atomic mass is 9.87.